The molecule has 0 radical (unpaired) electrons. The molecular weight excluding hydrogens is 640 g/mol. The quantitative estimate of drug-likeness (QED) is 0.118. The number of benzene rings is 2. The summed E-state index contributed by atoms with van der Waals surface area (Å²) in [5, 5.41) is 100. The van der Waals surface area contributed by atoms with Gasteiger partial charge in [0.1, 0.15) is 64.9 Å². The number of aromatic hydroxyl groups is 2. The fraction of sp³-hybridized carbons (Fsp3) is 0.393. The van der Waals surface area contributed by atoms with E-state index >= 15 is 0 Å². The summed E-state index contributed by atoms with van der Waals surface area (Å²) in [6.07, 6.45) is -19.7. The highest BCUT2D eigenvalue weighted by atomic mass is 16.7. The molecule has 0 spiro atoms. The molecule has 254 valence electrons. The first-order valence-corrected chi connectivity index (χ1v) is 13.5. The van der Waals surface area contributed by atoms with E-state index in [1.54, 1.807) is 0 Å². The summed E-state index contributed by atoms with van der Waals surface area (Å²) >= 11 is 0. The first kappa shape index (κ1) is 33.6. The lowest BCUT2D eigenvalue weighted by molar-refractivity contribution is -0.271. The van der Waals surface area contributed by atoms with Gasteiger partial charge in [-0.1, -0.05) is 0 Å². The zero-order valence-electron chi connectivity index (χ0n) is 23.8. The molecule has 0 saturated carbocycles. The van der Waals surface area contributed by atoms with Gasteiger partial charge in [-0.3, -0.25) is 4.79 Å². The highest BCUT2D eigenvalue weighted by Gasteiger charge is 2.49. The fourth-order valence-corrected chi connectivity index (χ4v) is 4.98. The van der Waals surface area contributed by atoms with Crippen LogP contribution in [0.4, 0.5) is 0 Å². The molecule has 0 aliphatic carbocycles. The number of carboxylic acids is 2. The van der Waals surface area contributed by atoms with Crippen molar-refractivity contribution in [2.75, 3.05) is 7.11 Å². The summed E-state index contributed by atoms with van der Waals surface area (Å²) in [4.78, 5) is 35.9. The molecule has 2 saturated heterocycles. The van der Waals surface area contributed by atoms with Gasteiger partial charge in [-0.05, 0) is 12.1 Å². The van der Waals surface area contributed by atoms with Crippen LogP contribution >= 0.6 is 0 Å². The average molecular weight is 669 g/mol. The molecule has 0 bridgehead atoms. The third-order valence-electron chi connectivity index (χ3n) is 7.45. The van der Waals surface area contributed by atoms with Crippen molar-refractivity contribution in [2.45, 2.75) is 61.4 Å². The van der Waals surface area contributed by atoms with Crippen LogP contribution < -0.4 is 19.6 Å². The summed E-state index contributed by atoms with van der Waals surface area (Å²) in [5.74, 6) is -6.09. The van der Waals surface area contributed by atoms with Crippen molar-refractivity contribution in [3.05, 3.63) is 40.6 Å². The van der Waals surface area contributed by atoms with E-state index in [-0.39, 0.29) is 33.8 Å². The second kappa shape index (κ2) is 12.8. The van der Waals surface area contributed by atoms with E-state index in [0.29, 0.717) is 0 Å². The van der Waals surface area contributed by atoms with E-state index in [4.69, 9.17) is 28.1 Å². The number of phenols is 2. The minimum Gasteiger partial charge on any atom is -0.507 e. The van der Waals surface area contributed by atoms with Gasteiger partial charge in [0, 0.05) is 23.8 Å². The van der Waals surface area contributed by atoms with Gasteiger partial charge in [0.15, 0.2) is 29.1 Å². The average Bonchev–Trinajstić information content (AvgIpc) is 3.01. The lowest BCUT2D eigenvalue weighted by atomic mass is 9.99. The highest BCUT2D eigenvalue weighted by Crippen LogP contribution is 2.42. The standard InChI is InChI=1S/C28H28O19/c1-42-13-2-7(3-14(16(13)31)45-28-22(37)18(33)20(35)24(47-28)26(40)41)11-6-10(30)15-9(29)4-8(5-12(15)44-11)43-27-21(36)17(32)19(34)23(46-27)25(38)39/h2-6,17-24,27-29,31-37H,1H3,(H,38,39)(H,40,41)/t17-,18-,19-,20-,21+,22+,23+,24-,27+,28+/m0/s1. The molecule has 2 aliphatic rings. The van der Waals surface area contributed by atoms with Crippen LogP contribution in [0.5, 0.6) is 28.7 Å². The topological polar surface area (TPSA) is 313 Å². The number of ether oxygens (including phenoxy) is 5. The van der Waals surface area contributed by atoms with Crippen LogP contribution in [0.3, 0.4) is 0 Å². The normalized spacial score (nSPS) is 30.9. The molecule has 2 aromatic carbocycles. The Kier molecular flexibility index (Phi) is 9.17. The van der Waals surface area contributed by atoms with Gasteiger partial charge in [-0.25, -0.2) is 9.59 Å². The van der Waals surface area contributed by atoms with E-state index in [1.807, 2.05) is 0 Å². The Morgan fingerprint density at radius 3 is 1.77 bits per heavy atom. The smallest absolute Gasteiger partial charge is 0.335 e. The predicted octanol–water partition coefficient (Wildman–Crippen LogP) is -2.58. The number of aliphatic carboxylic acids is 2. The Balaban J connectivity index is 1.51. The first-order chi connectivity index (χ1) is 22.1. The summed E-state index contributed by atoms with van der Waals surface area (Å²) in [6.45, 7) is 0. The Morgan fingerprint density at radius 1 is 0.702 bits per heavy atom. The van der Waals surface area contributed by atoms with E-state index < -0.39 is 96.0 Å². The van der Waals surface area contributed by atoms with E-state index in [9.17, 15) is 65.4 Å². The van der Waals surface area contributed by atoms with Gasteiger partial charge in [0.25, 0.3) is 0 Å². The first-order valence-electron chi connectivity index (χ1n) is 13.5. The molecule has 5 rings (SSSR count). The second-order valence-corrected chi connectivity index (χ2v) is 10.5. The molecule has 3 aromatic rings. The number of carbonyl (C=O) groups is 2. The van der Waals surface area contributed by atoms with Crippen molar-refractivity contribution >= 4 is 22.9 Å². The molecule has 19 nitrogen and oxygen atoms in total. The van der Waals surface area contributed by atoms with Crippen LogP contribution in [0.15, 0.2) is 39.5 Å². The molecular formula is C28H28O19. The number of rotatable bonds is 8. The van der Waals surface area contributed by atoms with Crippen LogP contribution in [0.2, 0.25) is 0 Å². The fourth-order valence-electron chi connectivity index (χ4n) is 4.98. The van der Waals surface area contributed by atoms with Gasteiger partial charge >= 0.3 is 11.9 Å². The van der Waals surface area contributed by atoms with Crippen molar-refractivity contribution < 1.29 is 88.8 Å². The van der Waals surface area contributed by atoms with Gasteiger partial charge in [0.2, 0.25) is 18.3 Å². The SMILES string of the molecule is COc1cc(-c2cc(=O)c3c(O)cc(O[C@@H]4O[C@@H](C(=O)O)[C@@H](O)[C@H](O)[C@H]4O)cc3o2)cc(O[C@@H]2O[C@H](C(=O)O)[C@@H](O)[C@H](O)[C@H]2O)c1O. The number of carboxylic acid groups (broad SMARTS) is 2. The summed E-state index contributed by atoms with van der Waals surface area (Å²) in [5.41, 5.74) is -1.16. The van der Waals surface area contributed by atoms with Crippen molar-refractivity contribution in [1.82, 2.24) is 0 Å². The van der Waals surface area contributed by atoms with Gasteiger partial charge < -0.3 is 79.2 Å². The molecule has 2 fully saturated rings. The maximum atomic E-state index is 13.1. The molecule has 47 heavy (non-hydrogen) atoms. The summed E-state index contributed by atoms with van der Waals surface area (Å²) in [6, 6.07) is 5.17. The summed E-state index contributed by atoms with van der Waals surface area (Å²) in [7, 11) is 1.15. The number of fused-ring (bicyclic) bond motifs is 1. The monoisotopic (exact) mass is 668 g/mol. The van der Waals surface area contributed by atoms with Gasteiger partial charge in [-0.15, -0.1) is 0 Å². The van der Waals surface area contributed by atoms with Crippen LogP contribution in [0, 0.1) is 0 Å². The number of hydrogen-bond donors (Lipinski definition) is 10. The highest BCUT2D eigenvalue weighted by molar-refractivity contribution is 5.86. The Morgan fingerprint density at radius 2 is 1.23 bits per heavy atom. The third kappa shape index (κ3) is 6.21. The molecule has 10 atom stereocenters. The van der Waals surface area contributed by atoms with Gasteiger partial charge in [0.05, 0.1) is 7.11 Å². The molecule has 1 aromatic heterocycles. The Bertz CT molecular complexity index is 1740. The maximum Gasteiger partial charge on any atom is 0.335 e. The minimum absolute atomic E-state index is 0.0347. The number of aliphatic hydroxyl groups excluding tert-OH is 6. The number of hydrogen-bond acceptors (Lipinski definition) is 17. The third-order valence-corrected chi connectivity index (χ3v) is 7.45. The Labute approximate surface area is 261 Å². The molecule has 0 unspecified atom stereocenters. The molecule has 19 heteroatoms. The molecule has 3 heterocycles. The van der Waals surface area contributed by atoms with Crippen molar-refractivity contribution in [3.8, 4) is 40.1 Å². The lowest BCUT2D eigenvalue weighted by Gasteiger charge is -2.38. The second-order valence-electron chi connectivity index (χ2n) is 10.5. The number of phenolic OH excluding ortho intramolecular Hbond substituents is 2. The molecule has 10 N–H and O–H groups in total. The van der Waals surface area contributed by atoms with E-state index in [0.717, 1.165) is 31.4 Å². The zero-order chi connectivity index (χ0) is 34.5. The largest absolute Gasteiger partial charge is 0.507 e. The Hall–Kier alpha value is -4.73. The molecule has 2 aliphatic heterocycles. The van der Waals surface area contributed by atoms with E-state index in [1.165, 1.54) is 6.07 Å². The van der Waals surface area contributed by atoms with Crippen LogP contribution in [0.1, 0.15) is 0 Å². The van der Waals surface area contributed by atoms with E-state index in [2.05, 4.69) is 0 Å². The minimum atomic E-state index is -2.02. The van der Waals surface area contributed by atoms with Crippen molar-refractivity contribution in [1.29, 1.82) is 0 Å². The van der Waals surface area contributed by atoms with Crippen molar-refractivity contribution in [2.24, 2.45) is 0 Å². The van der Waals surface area contributed by atoms with Crippen molar-refractivity contribution in [3.63, 3.8) is 0 Å². The van der Waals surface area contributed by atoms with Crippen LogP contribution in [0.25, 0.3) is 22.3 Å². The predicted molar refractivity (Wildman–Crippen MR) is 148 cm³/mol. The van der Waals surface area contributed by atoms with Crippen LogP contribution in [-0.2, 0) is 19.1 Å². The summed E-state index contributed by atoms with van der Waals surface area (Å²) < 4.78 is 32.0. The number of methoxy groups -OCH3 is 1. The van der Waals surface area contributed by atoms with Crippen LogP contribution in [-0.4, -0.2) is 132 Å². The zero-order valence-corrected chi connectivity index (χ0v) is 23.8. The number of aliphatic hydroxyl groups is 6. The maximum absolute atomic E-state index is 13.1. The van der Waals surface area contributed by atoms with Gasteiger partial charge in [-0.2, -0.15) is 0 Å². The molecule has 0 amide bonds. The lowest BCUT2D eigenvalue weighted by Crippen LogP contribution is -2.61.